The Balaban J connectivity index is 2.73. The van der Waals surface area contributed by atoms with Gasteiger partial charge in [0.1, 0.15) is 5.75 Å². The van der Waals surface area contributed by atoms with E-state index in [-0.39, 0.29) is 6.10 Å². The second-order valence-corrected chi connectivity index (χ2v) is 5.75. The summed E-state index contributed by atoms with van der Waals surface area (Å²) >= 11 is 0. The molecule has 0 heterocycles. The van der Waals surface area contributed by atoms with Crippen molar-refractivity contribution in [1.29, 1.82) is 0 Å². The monoisotopic (exact) mass is 249 g/mol. The van der Waals surface area contributed by atoms with Gasteiger partial charge in [0.2, 0.25) is 0 Å². The van der Waals surface area contributed by atoms with E-state index in [1.54, 1.807) is 0 Å². The number of ether oxygens (including phenoxy) is 1. The van der Waals surface area contributed by atoms with Crippen LogP contribution in [0.2, 0.25) is 0 Å². The van der Waals surface area contributed by atoms with Crippen LogP contribution in [-0.2, 0) is 6.54 Å². The second kappa shape index (κ2) is 6.79. The quantitative estimate of drug-likeness (QED) is 0.827. The van der Waals surface area contributed by atoms with Crippen molar-refractivity contribution in [2.75, 3.05) is 6.54 Å². The fourth-order valence-corrected chi connectivity index (χ4v) is 2.07. The van der Waals surface area contributed by atoms with Crippen molar-refractivity contribution < 1.29 is 4.74 Å². The molecule has 0 unspecified atom stereocenters. The molecule has 2 nitrogen and oxygen atoms in total. The molecule has 0 saturated heterocycles. The Morgan fingerprint density at radius 1 is 1.06 bits per heavy atom. The number of rotatable bonds is 6. The minimum Gasteiger partial charge on any atom is -0.490 e. The maximum Gasteiger partial charge on any atom is 0.125 e. The molecule has 18 heavy (non-hydrogen) atoms. The molecule has 0 bridgehead atoms. The standard InChI is InChI=1S/C16H27NO/c1-11(2)9-17-10-15-7-13(5)16(14(6)8-15)18-12(3)4/h7-8,11-12,17H,9-10H2,1-6H3. The molecule has 0 fully saturated rings. The first-order valence-corrected chi connectivity index (χ1v) is 6.87. The third-order valence-electron chi connectivity index (χ3n) is 2.76. The van der Waals surface area contributed by atoms with Gasteiger partial charge in [-0.05, 0) is 56.8 Å². The van der Waals surface area contributed by atoms with Crippen molar-refractivity contribution in [2.24, 2.45) is 5.92 Å². The highest BCUT2D eigenvalue weighted by atomic mass is 16.5. The average molecular weight is 249 g/mol. The van der Waals surface area contributed by atoms with Gasteiger partial charge in [0.15, 0.2) is 0 Å². The van der Waals surface area contributed by atoms with Gasteiger partial charge in [-0.15, -0.1) is 0 Å². The number of aryl methyl sites for hydroxylation is 2. The minimum atomic E-state index is 0.229. The number of nitrogens with one attached hydrogen (secondary N) is 1. The van der Waals surface area contributed by atoms with Gasteiger partial charge in [0.25, 0.3) is 0 Å². The highest BCUT2D eigenvalue weighted by molar-refractivity contribution is 5.43. The van der Waals surface area contributed by atoms with Crippen LogP contribution in [0.4, 0.5) is 0 Å². The van der Waals surface area contributed by atoms with Gasteiger partial charge in [-0.25, -0.2) is 0 Å². The van der Waals surface area contributed by atoms with E-state index in [9.17, 15) is 0 Å². The van der Waals surface area contributed by atoms with Crippen LogP contribution in [0.15, 0.2) is 12.1 Å². The molecular weight excluding hydrogens is 222 g/mol. The molecule has 0 aliphatic heterocycles. The van der Waals surface area contributed by atoms with E-state index in [4.69, 9.17) is 4.74 Å². The van der Waals surface area contributed by atoms with Crippen molar-refractivity contribution in [3.8, 4) is 5.75 Å². The van der Waals surface area contributed by atoms with E-state index < -0.39 is 0 Å². The zero-order valence-electron chi connectivity index (χ0n) is 12.6. The fourth-order valence-electron chi connectivity index (χ4n) is 2.07. The molecule has 0 atom stereocenters. The topological polar surface area (TPSA) is 21.3 Å². The molecule has 0 amide bonds. The number of hydrogen-bond acceptors (Lipinski definition) is 2. The maximum atomic E-state index is 5.85. The van der Waals surface area contributed by atoms with Gasteiger partial charge in [-0.3, -0.25) is 0 Å². The minimum absolute atomic E-state index is 0.229. The van der Waals surface area contributed by atoms with Crippen LogP contribution in [0, 0.1) is 19.8 Å². The van der Waals surface area contributed by atoms with E-state index >= 15 is 0 Å². The maximum absolute atomic E-state index is 5.85. The lowest BCUT2D eigenvalue weighted by Gasteiger charge is -2.17. The number of hydrogen-bond donors (Lipinski definition) is 1. The lowest BCUT2D eigenvalue weighted by Crippen LogP contribution is -2.19. The van der Waals surface area contributed by atoms with Crippen LogP contribution in [0.5, 0.6) is 5.75 Å². The normalized spacial score (nSPS) is 11.3. The molecule has 102 valence electrons. The van der Waals surface area contributed by atoms with Crippen LogP contribution in [0.3, 0.4) is 0 Å². The van der Waals surface area contributed by atoms with Gasteiger partial charge >= 0.3 is 0 Å². The van der Waals surface area contributed by atoms with Gasteiger partial charge in [-0.1, -0.05) is 26.0 Å². The van der Waals surface area contributed by atoms with Crippen LogP contribution in [-0.4, -0.2) is 12.6 Å². The smallest absolute Gasteiger partial charge is 0.125 e. The third-order valence-corrected chi connectivity index (χ3v) is 2.76. The van der Waals surface area contributed by atoms with E-state index in [0.29, 0.717) is 5.92 Å². The van der Waals surface area contributed by atoms with Crippen molar-refractivity contribution in [2.45, 2.75) is 54.2 Å². The van der Waals surface area contributed by atoms with Crippen molar-refractivity contribution in [1.82, 2.24) is 5.32 Å². The van der Waals surface area contributed by atoms with Crippen LogP contribution < -0.4 is 10.1 Å². The van der Waals surface area contributed by atoms with Crippen molar-refractivity contribution >= 4 is 0 Å². The molecule has 1 aromatic rings. The molecule has 0 aromatic heterocycles. The molecule has 1 rings (SSSR count). The largest absolute Gasteiger partial charge is 0.490 e. The molecular formula is C16H27NO. The van der Waals surface area contributed by atoms with Crippen LogP contribution >= 0.6 is 0 Å². The molecule has 0 aliphatic rings. The summed E-state index contributed by atoms with van der Waals surface area (Å²) in [6, 6.07) is 4.44. The fraction of sp³-hybridized carbons (Fsp3) is 0.625. The Morgan fingerprint density at radius 3 is 2.06 bits per heavy atom. The summed E-state index contributed by atoms with van der Waals surface area (Å²) in [5.41, 5.74) is 3.79. The summed E-state index contributed by atoms with van der Waals surface area (Å²) in [6.45, 7) is 14.8. The van der Waals surface area contributed by atoms with Gasteiger partial charge in [-0.2, -0.15) is 0 Å². The predicted octanol–water partition coefficient (Wildman–Crippen LogP) is 3.84. The molecule has 0 spiro atoms. The van der Waals surface area contributed by atoms with Gasteiger partial charge < -0.3 is 10.1 Å². The summed E-state index contributed by atoms with van der Waals surface area (Å²) in [5, 5.41) is 3.47. The SMILES string of the molecule is Cc1cc(CNCC(C)C)cc(C)c1OC(C)C. The Hall–Kier alpha value is -1.02. The van der Waals surface area contributed by atoms with Crippen molar-refractivity contribution in [3.63, 3.8) is 0 Å². The number of benzene rings is 1. The first-order chi connectivity index (χ1) is 8.40. The first kappa shape index (κ1) is 15.0. The zero-order chi connectivity index (χ0) is 13.7. The van der Waals surface area contributed by atoms with E-state index in [1.807, 2.05) is 0 Å². The van der Waals surface area contributed by atoms with Gasteiger partial charge in [0, 0.05) is 6.54 Å². The van der Waals surface area contributed by atoms with E-state index in [0.717, 1.165) is 18.8 Å². The summed E-state index contributed by atoms with van der Waals surface area (Å²) in [5.74, 6) is 1.73. The Kier molecular flexibility index (Phi) is 5.67. The average Bonchev–Trinajstić information content (AvgIpc) is 2.22. The van der Waals surface area contributed by atoms with E-state index in [2.05, 4.69) is 59.0 Å². The lowest BCUT2D eigenvalue weighted by atomic mass is 10.1. The first-order valence-electron chi connectivity index (χ1n) is 6.87. The lowest BCUT2D eigenvalue weighted by molar-refractivity contribution is 0.239. The molecule has 0 aliphatic carbocycles. The third kappa shape index (κ3) is 4.69. The molecule has 2 heteroatoms. The Labute approximate surface area is 112 Å². The van der Waals surface area contributed by atoms with Gasteiger partial charge in [0.05, 0.1) is 6.10 Å². The molecule has 1 aromatic carbocycles. The molecule has 0 saturated carbocycles. The molecule has 1 N–H and O–H groups in total. The Bertz CT molecular complexity index is 360. The zero-order valence-corrected chi connectivity index (χ0v) is 12.6. The van der Waals surface area contributed by atoms with Crippen LogP contribution in [0.1, 0.15) is 44.4 Å². The van der Waals surface area contributed by atoms with E-state index in [1.165, 1.54) is 16.7 Å². The molecule has 0 radical (unpaired) electrons. The predicted molar refractivity (Wildman–Crippen MR) is 78.2 cm³/mol. The van der Waals surface area contributed by atoms with Crippen molar-refractivity contribution in [3.05, 3.63) is 28.8 Å². The highest BCUT2D eigenvalue weighted by Gasteiger charge is 2.08. The summed E-state index contributed by atoms with van der Waals surface area (Å²) in [7, 11) is 0. The summed E-state index contributed by atoms with van der Waals surface area (Å²) in [4.78, 5) is 0. The highest BCUT2D eigenvalue weighted by Crippen LogP contribution is 2.25. The summed E-state index contributed by atoms with van der Waals surface area (Å²) < 4.78 is 5.85. The van der Waals surface area contributed by atoms with Crippen LogP contribution in [0.25, 0.3) is 0 Å². The summed E-state index contributed by atoms with van der Waals surface area (Å²) in [6.07, 6.45) is 0.229. The Morgan fingerprint density at radius 2 is 1.61 bits per heavy atom. The second-order valence-electron chi connectivity index (χ2n) is 5.75.